The van der Waals surface area contributed by atoms with Crippen molar-refractivity contribution in [2.24, 2.45) is 0 Å². The lowest BCUT2D eigenvalue weighted by Gasteiger charge is -2.32. The van der Waals surface area contributed by atoms with E-state index in [4.69, 9.17) is 0 Å². The highest BCUT2D eigenvalue weighted by molar-refractivity contribution is 5.88. The van der Waals surface area contributed by atoms with E-state index in [0.717, 1.165) is 28.7 Å². The molecule has 4 nitrogen and oxygen atoms in total. The zero-order valence-corrected chi connectivity index (χ0v) is 23.0. The molecule has 3 aromatic rings. The monoisotopic (exact) mass is 498 g/mol. The van der Waals surface area contributed by atoms with Gasteiger partial charge in [0.25, 0.3) is 0 Å². The molecule has 4 heteroatoms. The molecule has 0 saturated carbocycles. The van der Waals surface area contributed by atoms with E-state index >= 15 is 0 Å². The Labute approximate surface area is 223 Å². The predicted octanol–water partition coefficient (Wildman–Crippen LogP) is 6.61. The van der Waals surface area contributed by atoms with Crippen LogP contribution in [-0.2, 0) is 29.0 Å². The molecule has 2 unspecified atom stereocenters. The number of rotatable bonds is 12. The first-order valence-corrected chi connectivity index (χ1v) is 13.5. The van der Waals surface area contributed by atoms with E-state index in [-0.39, 0.29) is 17.9 Å². The van der Waals surface area contributed by atoms with Gasteiger partial charge >= 0.3 is 0 Å². The third kappa shape index (κ3) is 8.59. The molecular formula is C33H42N2O2. The van der Waals surface area contributed by atoms with Gasteiger partial charge in [0.2, 0.25) is 11.8 Å². The van der Waals surface area contributed by atoms with E-state index in [1.54, 1.807) is 4.90 Å². The van der Waals surface area contributed by atoms with Gasteiger partial charge in [-0.25, -0.2) is 0 Å². The van der Waals surface area contributed by atoms with Crippen molar-refractivity contribution in [3.05, 3.63) is 107 Å². The first kappa shape index (κ1) is 28.2. The van der Waals surface area contributed by atoms with Crippen molar-refractivity contribution >= 4 is 11.8 Å². The van der Waals surface area contributed by atoms with E-state index in [1.165, 1.54) is 5.56 Å². The molecule has 0 aromatic heterocycles. The van der Waals surface area contributed by atoms with Crippen molar-refractivity contribution < 1.29 is 9.59 Å². The van der Waals surface area contributed by atoms with Crippen molar-refractivity contribution in [3.8, 4) is 0 Å². The number of benzene rings is 3. The van der Waals surface area contributed by atoms with Gasteiger partial charge in [0.15, 0.2) is 0 Å². The fraction of sp³-hybridized carbons (Fsp3) is 0.394. The van der Waals surface area contributed by atoms with Gasteiger partial charge < -0.3 is 10.2 Å². The third-order valence-corrected chi connectivity index (χ3v) is 6.98. The van der Waals surface area contributed by atoms with Gasteiger partial charge in [-0.05, 0) is 54.9 Å². The van der Waals surface area contributed by atoms with Gasteiger partial charge in [0.1, 0.15) is 6.04 Å². The lowest BCUT2D eigenvalue weighted by Crippen LogP contribution is -2.52. The fourth-order valence-corrected chi connectivity index (χ4v) is 4.47. The number of hydrogen-bond acceptors (Lipinski definition) is 2. The van der Waals surface area contributed by atoms with Gasteiger partial charge in [-0.15, -0.1) is 0 Å². The Balaban J connectivity index is 1.89. The molecule has 0 heterocycles. The zero-order chi connectivity index (χ0) is 26.8. The summed E-state index contributed by atoms with van der Waals surface area (Å²) in [5.74, 6) is 0.374. The van der Waals surface area contributed by atoms with Crippen LogP contribution in [-0.4, -0.2) is 28.8 Å². The zero-order valence-electron chi connectivity index (χ0n) is 23.0. The van der Waals surface area contributed by atoms with Crippen LogP contribution in [0.4, 0.5) is 0 Å². The van der Waals surface area contributed by atoms with E-state index in [1.807, 2.05) is 62.4 Å². The standard InChI is InChI=1S/C33H42N2O2/c1-6-26(5)34-33(37)31(22-28-12-8-7-9-13-28)35(23-29-14-10-11-25(4)21-29)32(36)20-17-27-15-18-30(19-16-27)24(2)3/h7-16,18-19,21,24,26,31H,6,17,20,22-23H2,1-5H3,(H,34,37). The van der Waals surface area contributed by atoms with Crippen molar-refractivity contribution in [1.82, 2.24) is 10.2 Å². The molecule has 0 radical (unpaired) electrons. The van der Waals surface area contributed by atoms with E-state index < -0.39 is 6.04 Å². The summed E-state index contributed by atoms with van der Waals surface area (Å²) < 4.78 is 0. The summed E-state index contributed by atoms with van der Waals surface area (Å²) in [6.45, 7) is 10.9. The molecule has 0 saturated heterocycles. The van der Waals surface area contributed by atoms with E-state index in [2.05, 4.69) is 56.4 Å². The number of amides is 2. The predicted molar refractivity (Wildman–Crippen MR) is 152 cm³/mol. The maximum absolute atomic E-state index is 13.8. The van der Waals surface area contributed by atoms with E-state index in [9.17, 15) is 9.59 Å². The highest BCUT2D eigenvalue weighted by atomic mass is 16.2. The van der Waals surface area contributed by atoms with Crippen LogP contribution in [0.15, 0.2) is 78.9 Å². The maximum Gasteiger partial charge on any atom is 0.243 e. The first-order chi connectivity index (χ1) is 17.8. The number of aryl methyl sites for hydroxylation is 2. The molecule has 37 heavy (non-hydrogen) atoms. The summed E-state index contributed by atoms with van der Waals surface area (Å²) >= 11 is 0. The average molecular weight is 499 g/mol. The molecular weight excluding hydrogens is 456 g/mol. The summed E-state index contributed by atoms with van der Waals surface area (Å²) in [7, 11) is 0. The Morgan fingerprint density at radius 2 is 1.51 bits per heavy atom. The minimum absolute atomic E-state index is 0.00493. The molecule has 1 N–H and O–H groups in total. The van der Waals surface area contributed by atoms with Crippen LogP contribution < -0.4 is 5.32 Å². The minimum Gasteiger partial charge on any atom is -0.352 e. The van der Waals surface area contributed by atoms with Gasteiger partial charge in [-0.2, -0.15) is 0 Å². The molecule has 0 aliphatic carbocycles. The molecule has 2 amide bonds. The van der Waals surface area contributed by atoms with Gasteiger partial charge in [-0.3, -0.25) is 9.59 Å². The minimum atomic E-state index is -0.590. The van der Waals surface area contributed by atoms with Crippen LogP contribution in [0.25, 0.3) is 0 Å². The Morgan fingerprint density at radius 3 is 2.14 bits per heavy atom. The Hall–Kier alpha value is -3.40. The SMILES string of the molecule is CCC(C)NC(=O)C(Cc1ccccc1)N(Cc1cccc(C)c1)C(=O)CCc1ccc(C(C)C)cc1. The largest absolute Gasteiger partial charge is 0.352 e. The van der Waals surface area contributed by atoms with Crippen molar-refractivity contribution in [2.75, 3.05) is 0 Å². The molecule has 0 bridgehead atoms. The molecule has 196 valence electrons. The van der Waals surface area contributed by atoms with Gasteiger partial charge in [0, 0.05) is 25.4 Å². The molecule has 0 aliphatic heterocycles. The Kier molecular flexibility index (Phi) is 10.5. The average Bonchev–Trinajstić information content (AvgIpc) is 2.90. The van der Waals surface area contributed by atoms with Crippen LogP contribution in [0.3, 0.4) is 0 Å². The third-order valence-electron chi connectivity index (χ3n) is 6.98. The van der Waals surface area contributed by atoms with Crippen molar-refractivity contribution in [3.63, 3.8) is 0 Å². The molecule has 3 aromatic carbocycles. The fourth-order valence-electron chi connectivity index (χ4n) is 4.47. The summed E-state index contributed by atoms with van der Waals surface area (Å²) in [5.41, 5.74) is 5.64. The normalized spacial score (nSPS) is 12.7. The first-order valence-electron chi connectivity index (χ1n) is 13.5. The number of nitrogens with zero attached hydrogens (tertiary/aromatic N) is 1. The number of carbonyl (C=O) groups is 2. The maximum atomic E-state index is 13.8. The summed E-state index contributed by atoms with van der Waals surface area (Å²) in [5, 5.41) is 3.14. The smallest absolute Gasteiger partial charge is 0.243 e. The lowest BCUT2D eigenvalue weighted by atomic mass is 9.99. The molecule has 2 atom stereocenters. The number of hydrogen-bond donors (Lipinski definition) is 1. The van der Waals surface area contributed by atoms with E-state index in [0.29, 0.717) is 31.7 Å². The van der Waals surface area contributed by atoms with Crippen LogP contribution >= 0.6 is 0 Å². The lowest BCUT2D eigenvalue weighted by molar-refractivity contribution is -0.141. The van der Waals surface area contributed by atoms with Crippen molar-refractivity contribution in [1.29, 1.82) is 0 Å². The molecule has 0 fully saturated rings. The Morgan fingerprint density at radius 1 is 0.838 bits per heavy atom. The number of nitrogens with one attached hydrogen (secondary N) is 1. The van der Waals surface area contributed by atoms with Gasteiger partial charge in [-0.1, -0.05) is 105 Å². The van der Waals surface area contributed by atoms with Gasteiger partial charge in [0.05, 0.1) is 0 Å². The summed E-state index contributed by atoms with van der Waals surface area (Å²) in [6, 6.07) is 26.1. The second kappa shape index (κ2) is 13.8. The van der Waals surface area contributed by atoms with Crippen molar-refractivity contribution in [2.45, 2.75) is 84.8 Å². The van der Waals surface area contributed by atoms with Crippen LogP contribution in [0.1, 0.15) is 74.3 Å². The topological polar surface area (TPSA) is 49.4 Å². The molecule has 3 rings (SSSR count). The van der Waals surface area contributed by atoms with Crippen LogP contribution in [0.5, 0.6) is 0 Å². The second-order valence-corrected chi connectivity index (χ2v) is 10.4. The van der Waals surface area contributed by atoms with Crippen LogP contribution in [0.2, 0.25) is 0 Å². The van der Waals surface area contributed by atoms with Crippen LogP contribution in [0, 0.1) is 6.92 Å². The second-order valence-electron chi connectivity index (χ2n) is 10.4. The summed E-state index contributed by atoms with van der Waals surface area (Å²) in [4.78, 5) is 29.2. The quantitative estimate of drug-likeness (QED) is 0.306. The molecule has 0 spiro atoms. The summed E-state index contributed by atoms with van der Waals surface area (Å²) in [6.07, 6.45) is 2.31. The Bertz CT molecular complexity index is 1140. The highest BCUT2D eigenvalue weighted by Crippen LogP contribution is 2.19. The molecule has 0 aliphatic rings. The highest BCUT2D eigenvalue weighted by Gasteiger charge is 2.30. The number of carbonyl (C=O) groups excluding carboxylic acids is 2.